The fraction of sp³-hybridized carbons (Fsp3) is 0.381. The number of carbonyl (C=O) groups is 1. The summed E-state index contributed by atoms with van der Waals surface area (Å²) in [7, 11) is 0. The minimum Gasteiger partial charge on any atom is -0.316 e. The predicted octanol–water partition coefficient (Wildman–Crippen LogP) is 4.15. The standard InChI is InChI=1S/C21H22N6OS2/c1-3-27-19(16-6-4-5-9-23-16)25-26-21(27)29-12-18(28)24-20-15(11-22)14-8-7-13(2)10-17(14)30-20/h4-6,9,13H,3,7-8,10,12H2,1-2H3,(H,24,28). The Morgan fingerprint density at radius 2 is 2.30 bits per heavy atom. The van der Waals surface area contributed by atoms with Gasteiger partial charge in [-0.2, -0.15) is 5.26 Å². The number of thiophene rings is 1. The van der Waals surface area contributed by atoms with Crippen molar-refractivity contribution in [3.63, 3.8) is 0 Å². The Hall–Kier alpha value is -2.70. The number of nitrogens with one attached hydrogen (secondary N) is 1. The second-order valence-corrected chi connectivity index (χ2v) is 9.32. The number of nitrogens with zero attached hydrogens (tertiary/aromatic N) is 5. The number of amides is 1. The van der Waals surface area contributed by atoms with Gasteiger partial charge >= 0.3 is 0 Å². The van der Waals surface area contributed by atoms with E-state index >= 15 is 0 Å². The zero-order chi connectivity index (χ0) is 21.1. The molecule has 1 unspecified atom stereocenters. The average molecular weight is 439 g/mol. The maximum Gasteiger partial charge on any atom is 0.235 e. The number of aromatic nitrogens is 4. The van der Waals surface area contributed by atoms with Gasteiger partial charge < -0.3 is 9.88 Å². The molecule has 7 nitrogen and oxygen atoms in total. The highest BCUT2D eigenvalue weighted by Crippen LogP contribution is 2.39. The second-order valence-electron chi connectivity index (χ2n) is 7.27. The van der Waals surface area contributed by atoms with Crippen LogP contribution in [0.25, 0.3) is 11.5 Å². The lowest BCUT2D eigenvalue weighted by molar-refractivity contribution is -0.113. The Kier molecular flexibility index (Phi) is 6.16. The monoisotopic (exact) mass is 438 g/mol. The molecular weight excluding hydrogens is 416 g/mol. The molecule has 3 aromatic rings. The van der Waals surface area contributed by atoms with Crippen LogP contribution in [-0.2, 0) is 24.2 Å². The number of anilines is 1. The third-order valence-electron chi connectivity index (χ3n) is 5.14. The summed E-state index contributed by atoms with van der Waals surface area (Å²) in [5.41, 5.74) is 2.50. The van der Waals surface area contributed by atoms with Crippen LogP contribution in [0.4, 0.5) is 5.00 Å². The van der Waals surface area contributed by atoms with Crippen molar-refractivity contribution in [3.8, 4) is 17.6 Å². The largest absolute Gasteiger partial charge is 0.316 e. The number of hydrogen-bond acceptors (Lipinski definition) is 7. The fourth-order valence-electron chi connectivity index (χ4n) is 3.61. The maximum atomic E-state index is 12.6. The third-order valence-corrected chi connectivity index (χ3v) is 7.27. The molecule has 0 radical (unpaired) electrons. The Bertz CT molecular complexity index is 1100. The van der Waals surface area contributed by atoms with Crippen molar-refractivity contribution >= 4 is 34.0 Å². The van der Waals surface area contributed by atoms with Gasteiger partial charge in [0.2, 0.25) is 5.91 Å². The van der Waals surface area contributed by atoms with Crippen LogP contribution in [0.5, 0.6) is 0 Å². The number of nitriles is 1. The first kappa shape index (κ1) is 20.6. The van der Waals surface area contributed by atoms with E-state index in [1.807, 2.05) is 29.7 Å². The molecule has 0 aliphatic heterocycles. The van der Waals surface area contributed by atoms with Crippen LogP contribution >= 0.6 is 23.1 Å². The highest BCUT2D eigenvalue weighted by atomic mass is 32.2. The Morgan fingerprint density at radius 3 is 3.03 bits per heavy atom. The molecule has 154 valence electrons. The summed E-state index contributed by atoms with van der Waals surface area (Å²) < 4.78 is 1.95. The van der Waals surface area contributed by atoms with Gasteiger partial charge in [-0.3, -0.25) is 9.78 Å². The van der Waals surface area contributed by atoms with Crippen molar-refractivity contribution in [1.82, 2.24) is 19.7 Å². The normalized spacial score (nSPS) is 15.4. The smallest absolute Gasteiger partial charge is 0.235 e. The number of fused-ring (bicyclic) bond motifs is 1. The quantitative estimate of drug-likeness (QED) is 0.581. The van der Waals surface area contributed by atoms with Crippen LogP contribution in [-0.4, -0.2) is 31.4 Å². The first-order chi connectivity index (χ1) is 14.6. The van der Waals surface area contributed by atoms with Gasteiger partial charge in [-0.05, 0) is 49.8 Å². The van der Waals surface area contributed by atoms with Crippen molar-refractivity contribution in [2.45, 2.75) is 44.8 Å². The highest BCUT2D eigenvalue weighted by molar-refractivity contribution is 7.99. The van der Waals surface area contributed by atoms with Gasteiger partial charge in [0.1, 0.15) is 16.8 Å². The van der Waals surface area contributed by atoms with E-state index in [0.717, 1.165) is 30.5 Å². The molecule has 3 aromatic heterocycles. The molecule has 1 amide bonds. The zero-order valence-corrected chi connectivity index (χ0v) is 18.5. The van der Waals surface area contributed by atoms with Crippen LogP contribution in [0.1, 0.15) is 36.3 Å². The van der Waals surface area contributed by atoms with Gasteiger partial charge in [-0.15, -0.1) is 21.5 Å². The van der Waals surface area contributed by atoms with E-state index in [2.05, 4.69) is 33.5 Å². The molecule has 4 rings (SSSR count). The summed E-state index contributed by atoms with van der Waals surface area (Å²) in [5.74, 6) is 1.36. The minimum atomic E-state index is -0.145. The molecule has 1 atom stereocenters. The van der Waals surface area contributed by atoms with Crippen molar-refractivity contribution in [3.05, 3.63) is 40.4 Å². The van der Waals surface area contributed by atoms with Crippen molar-refractivity contribution in [1.29, 1.82) is 5.26 Å². The summed E-state index contributed by atoms with van der Waals surface area (Å²) in [6.45, 7) is 4.92. The van der Waals surface area contributed by atoms with E-state index in [1.165, 1.54) is 16.6 Å². The van der Waals surface area contributed by atoms with E-state index in [1.54, 1.807) is 17.5 Å². The lowest BCUT2D eigenvalue weighted by Crippen LogP contribution is -2.14. The van der Waals surface area contributed by atoms with Crippen LogP contribution in [0, 0.1) is 17.2 Å². The average Bonchev–Trinajstić information content (AvgIpc) is 3.32. The Labute approximate surface area is 183 Å². The van der Waals surface area contributed by atoms with Crippen LogP contribution in [0.3, 0.4) is 0 Å². The first-order valence-electron chi connectivity index (χ1n) is 9.92. The topological polar surface area (TPSA) is 96.5 Å². The molecule has 9 heteroatoms. The SMILES string of the molecule is CCn1c(SCC(=O)Nc2sc3c(c2C#N)CCC(C)C3)nnc1-c1ccccn1. The molecule has 30 heavy (non-hydrogen) atoms. The maximum absolute atomic E-state index is 12.6. The molecular formula is C21H22N6OS2. The zero-order valence-electron chi connectivity index (χ0n) is 16.9. The molecule has 0 fully saturated rings. The lowest BCUT2D eigenvalue weighted by Gasteiger charge is -2.17. The van der Waals surface area contributed by atoms with Gasteiger partial charge in [-0.25, -0.2) is 0 Å². The molecule has 0 saturated heterocycles. The Morgan fingerprint density at radius 1 is 1.43 bits per heavy atom. The van der Waals surface area contributed by atoms with E-state index in [-0.39, 0.29) is 11.7 Å². The van der Waals surface area contributed by atoms with Crippen LogP contribution in [0.2, 0.25) is 0 Å². The molecule has 0 saturated carbocycles. The van der Waals surface area contributed by atoms with Crippen LogP contribution in [0.15, 0.2) is 29.6 Å². The number of hydrogen-bond donors (Lipinski definition) is 1. The summed E-state index contributed by atoms with van der Waals surface area (Å²) >= 11 is 2.88. The molecule has 0 spiro atoms. The van der Waals surface area contributed by atoms with E-state index < -0.39 is 0 Å². The molecule has 1 aliphatic carbocycles. The van der Waals surface area contributed by atoms with E-state index in [0.29, 0.717) is 34.0 Å². The highest BCUT2D eigenvalue weighted by Gasteiger charge is 2.25. The summed E-state index contributed by atoms with van der Waals surface area (Å²) in [5, 5.41) is 22.4. The molecule has 1 aliphatic rings. The summed E-state index contributed by atoms with van der Waals surface area (Å²) in [6.07, 6.45) is 4.71. The Balaban J connectivity index is 1.45. The fourth-order valence-corrected chi connectivity index (χ4v) is 5.79. The molecule has 0 aromatic carbocycles. The van der Waals surface area contributed by atoms with Gasteiger partial charge in [0.25, 0.3) is 0 Å². The first-order valence-corrected chi connectivity index (χ1v) is 11.7. The predicted molar refractivity (Wildman–Crippen MR) is 119 cm³/mol. The molecule has 0 bridgehead atoms. The minimum absolute atomic E-state index is 0.145. The van der Waals surface area contributed by atoms with Gasteiger partial charge in [0, 0.05) is 17.6 Å². The molecule has 3 heterocycles. The third kappa shape index (κ3) is 4.11. The number of carbonyl (C=O) groups excluding carboxylic acids is 1. The number of rotatable bonds is 6. The number of pyridine rings is 1. The summed E-state index contributed by atoms with van der Waals surface area (Å²) in [4.78, 5) is 18.2. The molecule has 1 N–H and O–H groups in total. The van der Waals surface area contributed by atoms with Crippen LogP contribution < -0.4 is 5.32 Å². The lowest BCUT2D eigenvalue weighted by atomic mass is 9.89. The van der Waals surface area contributed by atoms with Gasteiger partial charge in [-0.1, -0.05) is 24.8 Å². The van der Waals surface area contributed by atoms with E-state index in [4.69, 9.17) is 0 Å². The van der Waals surface area contributed by atoms with Crippen molar-refractivity contribution < 1.29 is 4.79 Å². The van der Waals surface area contributed by atoms with E-state index in [9.17, 15) is 10.1 Å². The van der Waals surface area contributed by atoms with Gasteiger partial charge in [0.15, 0.2) is 11.0 Å². The summed E-state index contributed by atoms with van der Waals surface area (Å²) in [6, 6.07) is 7.95. The van der Waals surface area contributed by atoms with Crippen molar-refractivity contribution in [2.75, 3.05) is 11.1 Å². The number of thioether (sulfide) groups is 1. The second kappa shape index (κ2) is 8.98. The van der Waals surface area contributed by atoms with Gasteiger partial charge in [0.05, 0.1) is 11.3 Å². The van der Waals surface area contributed by atoms with Crippen molar-refractivity contribution in [2.24, 2.45) is 5.92 Å².